The van der Waals surface area contributed by atoms with Crippen LogP contribution in [-0.2, 0) is 86.8 Å². The molecule has 0 bridgehead atoms. The Morgan fingerprint density at radius 3 is 1.57 bits per heavy atom. The number of hydrogen-bond donors (Lipinski definition) is 10. The molecule has 1 aromatic heterocycles. The van der Waals surface area contributed by atoms with Crippen LogP contribution in [0.15, 0.2) is 144 Å². The first-order valence-electron chi connectivity index (χ1n) is 43.2. The van der Waals surface area contributed by atoms with Crippen molar-refractivity contribution in [3.8, 4) is 44.9 Å². The molecular weight excluding hydrogens is 1740 g/mol. The quantitative estimate of drug-likeness (QED) is 0.00595. The van der Waals surface area contributed by atoms with E-state index < -0.39 is 103 Å². The number of fused-ring (bicyclic) bond motifs is 5. The number of anilines is 2. The molecule has 2 saturated heterocycles. The van der Waals surface area contributed by atoms with Crippen molar-refractivity contribution >= 4 is 115 Å². The van der Waals surface area contributed by atoms with Gasteiger partial charge in [-0.25, -0.2) is 44.9 Å². The van der Waals surface area contributed by atoms with Crippen LogP contribution in [0.2, 0.25) is 0 Å². The molecule has 2 aliphatic carbocycles. The van der Waals surface area contributed by atoms with Crippen LogP contribution in [0, 0.1) is 0 Å². The third-order valence-corrected chi connectivity index (χ3v) is 28.8. The zero-order chi connectivity index (χ0) is 91.2. The lowest BCUT2D eigenvalue weighted by atomic mass is 9.93. The van der Waals surface area contributed by atoms with Gasteiger partial charge in [-0.05, 0) is 148 Å². The van der Waals surface area contributed by atoms with Crippen molar-refractivity contribution < 1.29 is 89.8 Å². The van der Waals surface area contributed by atoms with Crippen molar-refractivity contribution in [3.63, 3.8) is 0 Å². The molecule has 127 heavy (non-hydrogen) atoms. The molecule has 11 rings (SSSR count). The van der Waals surface area contributed by atoms with E-state index in [0.717, 1.165) is 59.2 Å². The van der Waals surface area contributed by atoms with E-state index in [9.17, 15) is 66.7 Å². The summed E-state index contributed by atoms with van der Waals surface area (Å²) in [5, 5.41) is 28.3. The van der Waals surface area contributed by atoms with Crippen molar-refractivity contribution in [2.24, 2.45) is 0 Å². The number of aromatic nitrogens is 3. The highest BCUT2D eigenvalue weighted by Crippen LogP contribution is 2.46. The van der Waals surface area contributed by atoms with Crippen molar-refractivity contribution in [2.45, 2.75) is 169 Å². The standard InChI is InChI=1S/C87H115N15O20S5/c1-9-98(10-2)59-24-30-65-73(49-59)121-74-50-60(99(11-3)12-4)25-31-66(74)83(65)69-34-28-63(53-78(69)126(112,113)114)124(108,109)91-39-36-81(104)88-38-20-19-21-71(86(106)90-55-58-56-102(97-96-58)42-44-119-46-48-120-47-45-118-43-41-89-80(103)23-18-17-22-77-85-72(57-123-77)94-87(107)95-85)93-82(105)37-40-92-125(110,111)64-29-35-70(79(54-64)127(115,116)117)84-67-32-26-61(100(13-5)14-6)51-75(67)122-76-52-62(27-33-68(76)84)101(15-7)16-8/h24-35,49-54,56,71-72,77,85,91-92H,9-23,36-48,55,57H2,1-8H3,(H6-2,88,89,90,93,94,95,103,104,105,106,107,112,113,114,115,116,117)/p+2/t71-,72-,77-,85-/m0/s1. The normalized spacial score (nSPS) is 15.0. The van der Waals surface area contributed by atoms with E-state index in [2.05, 4.69) is 70.6 Å². The molecule has 0 radical (unpaired) electrons. The number of amides is 6. The third-order valence-electron chi connectivity index (χ3n) is 22.6. The van der Waals surface area contributed by atoms with Gasteiger partial charge in [0.25, 0.3) is 20.2 Å². The van der Waals surface area contributed by atoms with Gasteiger partial charge in [-0.2, -0.15) is 28.6 Å². The van der Waals surface area contributed by atoms with Gasteiger partial charge in [0.15, 0.2) is 0 Å². The predicted molar refractivity (Wildman–Crippen MR) is 486 cm³/mol. The highest BCUT2D eigenvalue weighted by Gasteiger charge is 2.43. The highest BCUT2D eigenvalue weighted by atomic mass is 32.2. The first-order valence-corrected chi connectivity index (χ1v) is 50.1. The lowest BCUT2D eigenvalue weighted by Gasteiger charge is -2.22. The van der Waals surface area contributed by atoms with E-state index in [1.54, 1.807) is 30.5 Å². The third kappa shape index (κ3) is 25.5. The number of carbonyl (C=O) groups excluding carboxylic acids is 5. The molecule has 4 aromatic carbocycles. The Kier molecular flexibility index (Phi) is 34.8. The van der Waals surface area contributed by atoms with Gasteiger partial charge >= 0.3 is 6.03 Å². The second-order valence-corrected chi connectivity index (χ2v) is 38.2. The number of unbranched alkanes of at least 4 members (excludes halogenated alkanes) is 2. The van der Waals surface area contributed by atoms with Crippen LogP contribution in [0.5, 0.6) is 0 Å². The Morgan fingerprint density at radius 1 is 0.551 bits per heavy atom. The predicted octanol–water partition coefficient (Wildman–Crippen LogP) is 7.14. The molecule has 688 valence electrons. The molecule has 5 aromatic rings. The zero-order valence-electron chi connectivity index (χ0n) is 72.9. The molecule has 0 saturated carbocycles. The van der Waals surface area contributed by atoms with E-state index >= 15 is 0 Å². The fraction of sp³-hybridized carbons (Fsp3) is 0.483. The van der Waals surface area contributed by atoms with Gasteiger partial charge in [0.05, 0.1) is 92.9 Å². The number of nitrogens with one attached hydrogen (secondary N) is 8. The minimum Gasteiger partial charge on any atom is -0.456 e. The lowest BCUT2D eigenvalue weighted by molar-refractivity contribution is -0.129. The summed E-state index contributed by atoms with van der Waals surface area (Å²) in [7, 11) is -19.4. The van der Waals surface area contributed by atoms with Crippen molar-refractivity contribution in [3.05, 3.63) is 132 Å². The second kappa shape index (κ2) is 45.3. The molecule has 2 fully saturated rings. The van der Waals surface area contributed by atoms with Gasteiger partial charge in [0, 0.05) is 162 Å². The summed E-state index contributed by atoms with van der Waals surface area (Å²) < 4.78 is 172. The first-order chi connectivity index (χ1) is 60.9. The summed E-state index contributed by atoms with van der Waals surface area (Å²) in [6, 6.07) is 27.8. The van der Waals surface area contributed by atoms with E-state index in [1.807, 2.05) is 116 Å². The number of benzene rings is 6. The summed E-state index contributed by atoms with van der Waals surface area (Å²) in [5.74, 6) is -0.298. The summed E-state index contributed by atoms with van der Waals surface area (Å²) in [5.41, 5.74) is 4.62. The SMILES string of the molecule is CCN(CC)c1ccc2c(-c3ccc(S(=O)(=O)NCCC(=O)NCCCC[C@H](NC(=O)CCNS(=O)(=O)c4ccc(-c5c6ccc(=[N+](CC)CC)cc-6oc6cc(N(CC)CC)ccc56)c(S(=O)(=O)O)c4)C(=O)NCc4cn(CCOCCOCCOCCNC(=O)CCCC[C@@H]5SC[C@@H]6NC(=O)N[C@@H]65)nn4)cc3S(=O)(=O)O)c3ccc(=[N+](CC)CC)cc-3oc2c1. The van der Waals surface area contributed by atoms with Crippen molar-refractivity contribution in [1.82, 2.24) is 65.5 Å². The summed E-state index contributed by atoms with van der Waals surface area (Å²) in [4.78, 5) is 67.1. The van der Waals surface area contributed by atoms with Crippen LogP contribution < -0.4 is 71.0 Å². The van der Waals surface area contributed by atoms with Gasteiger partial charge in [0.1, 0.15) is 70.4 Å². The van der Waals surface area contributed by atoms with Gasteiger partial charge in [-0.1, -0.05) is 23.8 Å². The molecule has 0 unspecified atom stereocenters. The number of nitrogens with zero attached hydrogens (tertiary/aromatic N) is 7. The van der Waals surface area contributed by atoms with E-state index in [0.29, 0.717) is 158 Å². The van der Waals surface area contributed by atoms with Crippen LogP contribution in [-0.4, -0.2) is 235 Å². The van der Waals surface area contributed by atoms with E-state index in [1.165, 1.54) is 28.9 Å². The number of thioether (sulfide) groups is 1. The lowest BCUT2D eigenvalue weighted by Crippen LogP contribution is -2.47. The molecule has 40 heteroatoms. The number of hydrogen-bond acceptors (Lipinski definition) is 23. The number of sulfonamides is 2. The number of ether oxygens (including phenoxy) is 3. The maximum atomic E-state index is 14.2. The molecule has 0 spiro atoms. The van der Waals surface area contributed by atoms with Crippen LogP contribution in [0.4, 0.5) is 16.2 Å². The minimum atomic E-state index is -5.16. The summed E-state index contributed by atoms with van der Waals surface area (Å²) >= 11 is 1.86. The van der Waals surface area contributed by atoms with E-state index in [4.69, 9.17) is 23.0 Å². The molecular formula is C87H117N15O20S5+2. The Labute approximate surface area is 745 Å². The maximum Gasteiger partial charge on any atom is 0.315 e. The monoisotopic (exact) mass is 1850 g/mol. The Bertz CT molecular complexity index is 5950. The summed E-state index contributed by atoms with van der Waals surface area (Å²) in [6.45, 7) is 23.0. The average Bonchev–Trinajstić information content (AvgIpc) is 1.13. The van der Waals surface area contributed by atoms with Crippen molar-refractivity contribution in [1.29, 1.82) is 0 Å². The van der Waals surface area contributed by atoms with Gasteiger partial charge in [-0.15, -0.1) is 5.10 Å². The van der Waals surface area contributed by atoms with Crippen LogP contribution >= 0.6 is 11.8 Å². The smallest absolute Gasteiger partial charge is 0.315 e. The van der Waals surface area contributed by atoms with Gasteiger partial charge in [-0.3, -0.25) is 28.3 Å². The molecule has 6 amide bonds. The van der Waals surface area contributed by atoms with Crippen LogP contribution in [0.3, 0.4) is 0 Å². The Hall–Kier alpha value is -9.98. The molecule has 5 heterocycles. The Balaban J connectivity index is 0.693. The fourth-order valence-corrected chi connectivity index (χ4v) is 21.1. The molecule has 4 atom stereocenters. The van der Waals surface area contributed by atoms with Crippen molar-refractivity contribution in [2.75, 3.05) is 134 Å². The first kappa shape index (κ1) is 97.6. The Morgan fingerprint density at radius 2 is 1.05 bits per heavy atom. The zero-order valence-corrected chi connectivity index (χ0v) is 77.0. The number of rotatable bonds is 50. The van der Waals surface area contributed by atoms with Gasteiger partial charge in [0.2, 0.25) is 54.4 Å². The largest absolute Gasteiger partial charge is 0.456 e. The molecule has 4 aliphatic heterocycles. The fourth-order valence-electron chi connectivity index (χ4n) is 15.9. The summed E-state index contributed by atoms with van der Waals surface area (Å²) in [6.07, 6.45) is 4.19. The second-order valence-electron chi connectivity index (χ2n) is 30.6. The topological polar surface area (TPSA) is 456 Å². The van der Waals surface area contributed by atoms with E-state index in [-0.39, 0.29) is 93.7 Å². The maximum absolute atomic E-state index is 14.2. The average molecular weight is 1850 g/mol. The van der Waals surface area contributed by atoms with Crippen LogP contribution in [0.25, 0.3) is 66.8 Å². The molecule has 6 aliphatic rings. The van der Waals surface area contributed by atoms with Gasteiger partial charge < -0.3 is 64.7 Å². The molecule has 10 N–H and O–H groups in total. The molecule has 35 nitrogen and oxygen atoms in total. The highest BCUT2D eigenvalue weighted by molar-refractivity contribution is 8.00. The van der Waals surface area contributed by atoms with Crippen LogP contribution in [0.1, 0.15) is 119 Å². The number of carbonyl (C=O) groups is 5. The minimum absolute atomic E-state index is 0.00461. The number of urea groups is 1.